The third kappa shape index (κ3) is 7.38. The van der Waals surface area contributed by atoms with Crippen LogP contribution in [0.2, 0.25) is 0 Å². The van der Waals surface area contributed by atoms with Crippen molar-refractivity contribution in [2.75, 3.05) is 0 Å². The first kappa shape index (κ1) is 23.8. The van der Waals surface area contributed by atoms with Gasteiger partial charge in [-0.3, -0.25) is 0 Å². The second kappa shape index (κ2) is 12.9. The third-order valence-corrected chi connectivity index (χ3v) is 8.01. The van der Waals surface area contributed by atoms with Crippen molar-refractivity contribution in [2.45, 2.75) is 103 Å². The standard InChI is InChI=1S/C30H43N/c1-3-4-5-6-7-9-25-13-17-29(18-14-25)30-21-19-28(20-22-30)24(2)27-15-11-26(12-16-27)10-8-23-31/h8,10,13-14,17-18,26-28,30H,2-7,9,11-12,15-16,19-22H2,1H3/b10-8+. The van der Waals surface area contributed by atoms with E-state index in [1.54, 1.807) is 17.2 Å². The molecule has 0 atom stereocenters. The summed E-state index contributed by atoms with van der Waals surface area (Å²) in [6.45, 7) is 6.86. The first-order valence-electron chi connectivity index (χ1n) is 13.0. The average molecular weight is 418 g/mol. The van der Waals surface area contributed by atoms with Gasteiger partial charge in [0.25, 0.3) is 0 Å². The molecule has 2 fully saturated rings. The second-order valence-electron chi connectivity index (χ2n) is 10.1. The molecule has 2 aliphatic rings. The molecule has 0 aromatic heterocycles. The number of benzene rings is 1. The SMILES string of the molecule is C=C(C1CCC(/C=C/C#N)CC1)C1CCC(c2ccc(CCCCCCC)cc2)CC1. The fourth-order valence-corrected chi connectivity index (χ4v) is 5.88. The molecule has 0 aliphatic heterocycles. The van der Waals surface area contributed by atoms with Gasteiger partial charge in [-0.15, -0.1) is 0 Å². The maximum atomic E-state index is 8.73. The molecule has 31 heavy (non-hydrogen) atoms. The van der Waals surface area contributed by atoms with Gasteiger partial charge in [0.2, 0.25) is 0 Å². The monoisotopic (exact) mass is 417 g/mol. The van der Waals surface area contributed by atoms with Gasteiger partial charge >= 0.3 is 0 Å². The predicted octanol–water partition coefficient (Wildman–Crippen LogP) is 8.92. The summed E-state index contributed by atoms with van der Waals surface area (Å²) in [6.07, 6.45) is 22.1. The van der Waals surface area contributed by atoms with Crippen molar-refractivity contribution in [1.82, 2.24) is 0 Å². The number of hydrogen-bond acceptors (Lipinski definition) is 1. The molecule has 0 saturated heterocycles. The van der Waals surface area contributed by atoms with Crippen LogP contribution < -0.4 is 0 Å². The van der Waals surface area contributed by atoms with E-state index >= 15 is 0 Å². The molecular formula is C30H43N. The molecule has 0 radical (unpaired) electrons. The number of nitrogens with zero attached hydrogens (tertiary/aromatic N) is 1. The van der Waals surface area contributed by atoms with E-state index in [0.717, 1.165) is 11.8 Å². The molecule has 0 N–H and O–H groups in total. The molecule has 0 amide bonds. The fourth-order valence-electron chi connectivity index (χ4n) is 5.88. The summed E-state index contributed by atoms with van der Waals surface area (Å²) >= 11 is 0. The van der Waals surface area contributed by atoms with Crippen molar-refractivity contribution >= 4 is 0 Å². The molecule has 1 aromatic rings. The van der Waals surface area contributed by atoms with Gasteiger partial charge in [0.15, 0.2) is 0 Å². The minimum atomic E-state index is 0.610. The minimum Gasteiger partial charge on any atom is -0.193 e. The zero-order valence-corrected chi connectivity index (χ0v) is 19.8. The largest absolute Gasteiger partial charge is 0.193 e. The van der Waals surface area contributed by atoms with Gasteiger partial charge in [-0.05, 0) is 99.0 Å². The fraction of sp³-hybridized carbons (Fsp3) is 0.633. The molecule has 1 heteroatoms. The van der Waals surface area contributed by atoms with Crippen molar-refractivity contribution in [2.24, 2.45) is 17.8 Å². The highest BCUT2D eigenvalue weighted by molar-refractivity contribution is 5.26. The van der Waals surface area contributed by atoms with Crippen molar-refractivity contribution in [1.29, 1.82) is 5.26 Å². The van der Waals surface area contributed by atoms with Crippen LogP contribution in [0.15, 0.2) is 48.6 Å². The van der Waals surface area contributed by atoms with Crippen LogP contribution in [0.3, 0.4) is 0 Å². The number of hydrogen-bond donors (Lipinski definition) is 0. The molecule has 3 rings (SSSR count). The maximum absolute atomic E-state index is 8.73. The van der Waals surface area contributed by atoms with E-state index in [9.17, 15) is 0 Å². The zero-order valence-electron chi connectivity index (χ0n) is 19.8. The highest BCUT2D eigenvalue weighted by Crippen LogP contribution is 2.43. The van der Waals surface area contributed by atoms with Gasteiger partial charge < -0.3 is 0 Å². The van der Waals surface area contributed by atoms with E-state index in [2.05, 4.69) is 49.9 Å². The summed E-state index contributed by atoms with van der Waals surface area (Å²) in [5.41, 5.74) is 4.62. The molecular weight excluding hydrogens is 374 g/mol. The van der Waals surface area contributed by atoms with Crippen molar-refractivity contribution in [3.8, 4) is 6.07 Å². The summed E-state index contributed by atoms with van der Waals surface area (Å²) in [5, 5.41) is 8.73. The summed E-state index contributed by atoms with van der Waals surface area (Å²) in [7, 11) is 0. The summed E-state index contributed by atoms with van der Waals surface area (Å²) < 4.78 is 0. The van der Waals surface area contributed by atoms with Gasteiger partial charge in [0.1, 0.15) is 0 Å². The van der Waals surface area contributed by atoms with Gasteiger partial charge in [-0.1, -0.05) is 75.1 Å². The highest BCUT2D eigenvalue weighted by atomic mass is 14.3. The minimum absolute atomic E-state index is 0.610. The highest BCUT2D eigenvalue weighted by Gasteiger charge is 2.29. The maximum Gasteiger partial charge on any atom is 0.0908 e. The van der Waals surface area contributed by atoms with Crippen molar-refractivity contribution < 1.29 is 0 Å². The Morgan fingerprint density at radius 2 is 1.52 bits per heavy atom. The lowest BCUT2D eigenvalue weighted by Gasteiger charge is -2.36. The van der Waals surface area contributed by atoms with E-state index in [1.807, 2.05) is 0 Å². The van der Waals surface area contributed by atoms with Gasteiger partial charge in [-0.2, -0.15) is 5.26 Å². The Hall–Kier alpha value is -1.81. The quantitative estimate of drug-likeness (QED) is 0.212. The van der Waals surface area contributed by atoms with E-state index in [-0.39, 0.29) is 0 Å². The molecule has 168 valence electrons. The van der Waals surface area contributed by atoms with Crippen LogP contribution >= 0.6 is 0 Å². The summed E-state index contributed by atoms with van der Waals surface area (Å²) in [4.78, 5) is 0. The molecule has 1 nitrogen and oxygen atoms in total. The smallest absolute Gasteiger partial charge is 0.0908 e. The molecule has 0 bridgehead atoms. The predicted molar refractivity (Wildman–Crippen MR) is 133 cm³/mol. The molecule has 0 spiro atoms. The van der Waals surface area contributed by atoms with Crippen LogP contribution in [-0.4, -0.2) is 0 Å². The van der Waals surface area contributed by atoms with Crippen LogP contribution in [-0.2, 0) is 6.42 Å². The first-order valence-corrected chi connectivity index (χ1v) is 13.0. The lowest BCUT2D eigenvalue weighted by Crippen LogP contribution is -2.22. The molecule has 2 aliphatic carbocycles. The van der Waals surface area contributed by atoms with Crippen LogP contribution in [0.25, 0.3) is 0 Å². The zero-order chi connectivity index (χ0) is 21.9. The Morgan fingerprint density at radius 3 is 2.13 bits per heavy atom. The average Bonchev–Trinajstić information content (AvgIpc) is 2.83. The lowest BCUT2D eigenvalue weighted by atomic mass is 9.70. The normalized spacial score (nSPS) is 26.6. The van der Waals surface area contributed by atoms with Crippen LogP contribution in [0, 0.1) is 29.1 Å². The number of unbranched alkanes of at least 4 members (excludes halogenated alkanes) is 4. The third-order valence-electron chi connectivity index (χ3n) is 8.01. The topological polar surface area (TPSA) is 23.8 Å². The number of nitriles is 1. The van der Waals surface area contributed by atoms with Crippen LogP contribution in [0.4, 0.5) is 0 Å². The molecule has 2 saturated carbocycles. The van der Waals surface area contributed by atoms with E-state index in [0.29, 0.717) is 11.8 Å². The Kier molecular flexibility index (Phi) is 9.92. The van der Waals surface area contributed by atoms with Gasteiger partial charge in [0.05, 0.1) is 6.07 Å². The Morgan fingerprint density at radius 1 is 0.903 bits per heavy atom. The summed E-state index contributed by atoms with van der Waals surface area (Å²) in [6, 6.07) is 11.7. The lowest BCUT2D eigenvalue weighted by molar-refractivity contribution is 0.290. The number of rotatable bonds is 10. The Labute approximate surface area is 191 Å². The Balaban J connectivity index is 1.40. The van der Waals surface area contributed by atoms with Gasteiger partial charge in [0, 0.05) is 6.08 Å². The Bertz CT molecular complexity index is 719. The first-order chi connectivity index (χ1) is 15.2. The number of allylic oxidation sites excluding steroid dienone is 3. The van der Waals surface area contributed by atoms with E-state index in [4.69, 9.17) is 5.26 Å². The van der Waals surface area contributed by atoms with E-state index < -0.39 is 0 Å². The second-order valence-corrected chi connectivity index (χ2v) is 10.1. The van der Waals surface area contributed by atoms with Crippen LogP contribution in [0.5, 0.6) is 0 Å². The summed E-state index contributed by atoms with van der Waals surface area (Å²) in [5.74, 6) is 2.80. The van der Waals surface area contributed by atoms with Crippen molar-refractivity contribution in [3.63, 3.8) is 0 Å². The van der Waals surface area contributed by atoms with E-state index in [1.165, 1.54) is 95.5 Å². The number of aryl methyl sites for hydroxylation is 1. The molecule has 1 aromatic carbocycles. The molecule has 0 unspecified atom stereocenters. The van der Waals surface area contributed by atoms with Crippen molar-refractivity contribution in [3.05, 3.63) is 59.7 Å². The molecule has 0 heterocycles. The van der Waals surface area contributed by atoms with Crippen LogP contribution in [0.1, 0.15) is 107 Å². The van der Waals surface area contributed by atoms with Gasteiger partial charge in [-0.25, -0.2) is 0 Å².